The predicted molar refractivity (Wildman–Crippen MR) is 70.6 cm³/mol. The molecular weight excluding hydrogens is 300 g/mol. The number of nitrogens with one attached hydrogen (secondary N) is 1. The Morgan fingerprint density at radius 1 is 1.09 bits per heavy atom. The molecule has 1 aromatic rings. The van der Waals surface area contributed by atoms with Crippen molar-refractivity contribution in [1.82, 2.24) is 5.32 Å². The van der Waals surface area contributed by atoms with Crippen molar-refractivity contribution in [2.45, 2.75) is 18.9 Å². The Kier molecular flexibility index (Phi) is 6.43. The number of esters is 2. The Bertz CT molecular complexity index is 556. The summed E-state index contributed by atoms with van der Waals surface area (Å²) in [5.41, 5.74) is 0.0942. The topological polar surface area (TPSA) is 81.7 Å². The number of hydrogen-bond donors (Lipinski definition) is 1. The summed E-state index contributed by atoms with van der Waals surface area (Å²) in [6, 6.07) is 1.44. The summed E-state index contributed by atoms with van der Waals surface area (Å²) < 4.78 is 34.9. The van der Waals surface area contributed by atoms with Crippen molar-refractivity contribution in [3.8, 4) is 0 Å². The molecule has 0 aromatic heterocycles. The summed E-state index contributed by atoms with van der Waals surface area (Å²) in [4.78, 5) is 34.5. The summed E-state index contributed by atoms with van der Waals surface area (Å²) in [7, 11) is 2.23. The van der Waals surface area contributed by atoms with Gasteiger partial charge in [0.1, 0.15) is 17.7 Å². The summed E-state index contributed by atoms with van der Waals surface area (Å²) in [6.45, 7) is 0. The first-order valence-electron chi connectivity index (χ1n) is 6.24. The minimum absolute atomic E-state index is 0.0942. The molecule has 0 saturated heterocycles. The second-order valence-electron chi connectivity index (χ2n) is 4.38. The van der Waals surface area contributed by atoms with E-state index >= 15 is 0 Å². The van der Waals surface area contributed by atoms with Crippen LogP contribution in [0.25, 0.3) is 0 Å². The number of methoxy groups -OCH3 is 2. The molecule has 120 valence electrons. The molecule has 0 unspecified atom stereocenters. The van der Waals surface area contributed by atoms with Gasteiger partial charge in [-0.1, -0.05) is 0 Å². The highest BCUT2D eigenvalue weighted by molar-refractivity contribution is 5.88. The van der Waals surface area contributed by atoms with Gasteiger partial charge in [0.15, 0.2) is 0 Å². The molecule has 22 heavy (non-hydrogen) atoms. The first-order chi connectivity index (χ1) is 10.3. The fraction of sp³-hybridized carbons (Fsp3) is 0.357. The molecule has 1 atom stereocenters. The molecule has 0 bridgehead atoms. The Balaban J connectivity index is 2.73. The number of carbonyl (C=O) groups is 3. The summed E-state index contributed by atoms with van der Waals surface area (Å²) >= 11 is 0. The van der Waals surface area contributed by atoms with Crippen LogP contribution in [-0.4, -0.2) is 38.1 Å². The first-order valence-corrected chi connectivity index (χ1v) is 6.24. The van der Waals surface area contributed by atoms with E-state index in [0.29, 0.717) is 6.07 Å². The van der Waals surface area contributed by atoms with Crippen molar-refractivity contribution in [3.05, 3.63) is 35.4 Å². The van der Waals surface area contributed by atoms with E-state index in [1.54, 1.807) is 0 Å². The van der Waals surface area contributed by atoms with Gasteiger partial charge < -0.3 is 14.8 Å². The molecule has 8 heteroatoms. The lowest BCUT2D eigenvalue weighted by molar-refractivity contribution is -0.150. The van der Waals surface area contributed by atoms with Gasteiger partial charge in [-0.05, 0) is 17.7 Å². The number of carbonyl (C=O) groups excluding carboxylic acids is 3. The maximum atomic E-state index is 13.0. The van der Waals surface area contributed by atoms with Crippen molar-refractivity contribution in [3.63, 3.8) is 0 Å². The van der Waals surface area contributed by atoms with E-state index in [9.17, 15) is 23.2 Å². The molecule has 0 aliphatic carbocycles. The highest BCUT2D eigenvalue weighted by atomic mass is 19.1. The standard InChI is InChI=1S/C14H15F2NO5/c1-21-13(19)7-11(14(20)22-2)17-12(18)5-8-3-9(15)6-10(16)4-8/h3-4,6,11H,5,7H2,1-2H3,(H,17,18)/t11-/m1/s1. The van der Waals surface area contributed by atoms with Crippen LogP contribution < -0.4 is 5.32 Å². The van der Waals surface area contributed by atoms with Gasteiger partial charge in [-0.25, -0.2) is 13.6 Å². The molecule has 1 amide bonds. The third-order valence-electron chi connectivity index (χ3n) is 2.71. The van der Waals surface area contributed by atoms with Crippen molar-refractivity contribution >= 4 is 17.8 Å². The molecular formula is C14H15F2NO5. The van der Waals surface area contributed by atoms with Crippen molar-refractivity contribution in [2.24, 2.45) is 0 Å². The molecule has 0 aliphatic heterocycles. The van der Waals surface area contributed by atoms with E-state index in [1.165, 1.54) is 0 Å². The molecule has 0 fully saturated rings. The molecule has 0 spiro atoms. The predicted octanol–water partition coefficient (Wildman–Crippen LogP) is 0.728. The van der Waals surface area contributed by atoms with Crippen molar-refractivity contribution in [1.29, 1.82) is 0 Å². The van der Waals surface area contributed by atoms with Crippen molar-refractivity contribution < 1.29 is 32.6 Å². The van der Waals surface area contributed by atoms with Crippen LogP contribution in [0.2, 0.25) is 0 Å². The fourth-order valence-corrected chi connectivity index (χ4v) is 1.73. The molecule has 1 N–H and O–H groups in total. The van der Waals surface area contributed by atoms with E-state index in [2.05, 4.69) is 14.8 Å². The van der Waals surface area contributed by atoms with E-state index < -0.39 is 41.9 Å². The number of ether oxygens (including phenoxy) is 2. The largest absolute Gasteiger partial charge is 0.469 e. The lowest BCUT2D eigenvalue weighted by Crippen LogP contribution is -2.43. The van der Waals surface area contributed by atoms with Gasteiger partial charge in [0.05, 0.1) is 27.1 Å². The van der Waals surface area contributed by atoms with Crippen molar-refractivity contribution in [2.75, 3.05) is 14.2 Å². The minimum atomic E-state index is -1.23. The Labute approximate surface area is 125 Å². The van der Waals surface area contributed by atoms with Gasteiger partial charge >= 0.3 is 11.9 Å². The van der Waals surface area contributed by atoms with Crippen LogP contribution in [0.4, 0.5) is 8.78 Å². The lowest BCUT2D eigenvalue weighted by Gasteiger charge is -2.15. The highest BCUT2D eigenvalue weighted by Gasteiger charge is 2.25. The molecule has 6 nitrogen and oxygen atoms in total. The smallest absolute Gasteiger partial charge is 0.328 e. The molecule has 0 heterocycles. The number of amides is 1. The van der Waals surface area contributed by atoms with Gasteiger partial charge in [0.2, 0.25) is 5.91 Å². The monoisotopic (exact) mass is 315 g/mol. The zero-order valence-electron chi connectivity index (χ0n) is 12.0. The van der Waals surface area contributed by atoms with E-state index in [1.807, 2.05) is 0 Å². The molecule has 0 radical (unpaired) electrons. The average molecular weight is 315 g/mol. The second-order valence-corrected chi connectivity index (χ2v) is 4.38. The number of benzene rings is 1. The number of halogens is 2. The van der Waals surface area contributed by atoms with E-state index in [0.717, 1.165) is 26.4 Å². The Morgan fingerprint density at radius 2 is 1.68 bits per heavy atom. The van der Waals surface area contributed by atoms with Crippen LogP contribution in [0.15, 0.2) is 18.2 Å². The third kappa shape index (κ3) is 5.47. The van der Waals surface area contributed by atoms with Gasteiger partial charge in [-0.3, -0.25) is 9.59 Å². The maximum absolute atomic E-state index is 13.0. The van der Waals surface area contributed by atoms with E-state index in [4.69, 9.17) is 0 Å². The average Bonchev–Trinajstić information content (AvgIpc) is 2.44. The van der Waals surface area contributed by atoms with Crippen LogP contribution in [-0.2, 0) is 30.3 Å². The summed E-state index contributed by atoms with van der Waals surface area (Å²) in [5, 5.41) is 2.26. The zero-order chi connectivity index (χ0) is 16.7. The zero-order valence-corrected chi connectivity index (χ0v) is 12.0. The van der Waals surface area contributed by atoms with Gasteiger partial charge in [-0.15, -0.1) is 0 Å². The molecule has 0 saturated carbocycles. The molecule has 1 rings (SSSR count). The SMILES string of the molecule is COC(=O)C[C@@H](NC(=O)Cc1cc(F)cc(F)c1)C(=O)OC. The Morgan fingerprint density at radius 3 is 2.18 bits per heavy atom. The number of rotatable bonds is 6. The van der Waals surface area contributed by atoms with Gasteiger partial charge in [0, 0.05) is 6.07 Å². The second kappa shape index (κ2) is 8.06. The van der Waals surface area contributed by atoms with Crippen LogP contribution in [0.1, 0.15) is 12.0 Å². The summed E-state index contributed by atoms with van der Waals surface area (Å²) in [5.74, 6) is -3.87. The van der Waals surface area contributed by atoms with Gasteiger partial charge in [0.25, 0.3) is 0 Å². The third-order valence-corrected chi connectivity index (χ3v) is 2.71. The van der Waals surface area contributed by atoms with Crippen LogP contribution in [0.3, 0.4) is 0 Å². The first kappa shape index (κ1) is 17.5. The van der Waals surface area contributed by atoms with Crippen LogP contribution in [0.5, 0.6) is 0 Å². The normalized spacial score (nSPS) is 11.5. The fourth-order valence-electron chi connectivity index (χ4n) is 1.73. The quantitative estimate of drug-likeness (QED) is 0.783. The molecule has 0 aliphatic rings. The highest BCUT2D eigenvalue weighted by Crippen LogP contribution is 2.09. The van der Waals surface area contributed by atoms with Crippen LogP contribution in [0, 0.1) is 11.6 Å². The lowest BCUT2D eigenvalue weighted by atomic mass is 10.1. The Hall–Kier alpha value is -2.51. The van der Waals surface area contributed by atoms with E-state index in [-0.39, 0.29) is 12.0 Å². The number of hydrogen-bond acceptors (Lipinski definition) is 5. The molecule has 1 aromatic carbocycles. The van der Waals surface area contributed by atoms with Gasteiger partial charge in [-0.2, -0.15) is 0 Å². The summed E-state index contributed by atoms with van der Waals surface area (Å²) in [6.07, 6.45) is -0.768. The van der Waals surface area contributed by atoms with Crippen LogP contribution >= 0.6 is 0 Å². The maximum Gasteiger partial charge on any atom is 0.328 e. The minimum Gasteiger partial charge on any atom is -0.469 e.